The van der Waals surface area contributed by atoms with Gasteiger partial charge in [-0.25, -0.2) is 4.79 Å². The first kappa shape index (κ1) is 13.3. The number of rotatable bonds is 2. The highest BCUT2D eigenvalue weighted by molar-refractivity contribution is 5.92. The third kappa shape index (κ3) is 2.81. The maximum absolute atomic E-state index is 12.2. The van der Waals surface area contributed by atoms with Crippen LogP contribution in [0.1, 0.15) is 32.9 Å². The second-order valence-corrected chi connectivity index (χ2v) is 4.70. The third-order valence-electron chi connectivity index (χ3n) is 3.05. The molecule has 2 aromatic rings. The fourth-order valence-corrected chi connectivity index (χ4v) is 2.01. The summed E-state index contributed by atoms with van der Waals surface area (Å²) in [4.78, 5) is 16.5. The minimum absolute atomic E-state index is 0.359. The summed E-state index contributed by atoms with van der Waals surface area (Å²) < 4.78 is 5.50. The van der Waals surface area contributed by atoms with Gasteiger partial charge in [0.25, 0.3) is 0 Å². The van der Waals surface area contributed by atoms with Gasteiger partial charge in [-0.15, -0.1) is 0 Å². The Hall–Kier alpha value is -2.16. The maximum Gasteiger partial charge on any atom is 0.345 e. The molecular formula is C16H17NO2. The van der Waals surface area contributed by atoms with E-state index >= 15 is 0 Å². The molecule has 0 N–H and O–H groups in total. The zero-order chi connectivity index (χ0) is 14.0. The van der Waals surface area contributed by atoms with Crippen LogP contribution >= 0.6 is 0 Å². The quantitative estimate of drug-likeness (QED) is 0.608. The number of aryl methyl sites for hydroxylation is 4. The van der Waals surface area contributed by atoms with Gasteiger partial charge in [-0.2, -0.15) is 0 Å². The van der Waals surface area contributed by atoms with Crippen LogP contribution in [0.15, 0.2) is 30.3 Å². The highest BCUT2D eigenvalue weighted by Gasteiger charge is 2.14. The largest absolute Gasteiger partial charge is 0.422 e. The van der Waals surface area contributed by atoms with E-state index < -0.39 is 0 Å². The first-order chi connectivity index (χ1) is 8.99. The number of para-hydroxylation sites is 1. The van der Waals surface area contributed by atoms with E-state index in [4.69, 9.17) is 4.74 Å². The fraction of sp³-hybridized carbons (Fsp3) is 0.250. The normalized spacial score (nSPS) is 10.3. The van der Waals surface area contributed by atoms with Crippen molar-refractivity contribution in [2.24, 2.45) is 0 Å². The van der Waals surface area contributed by atoms with Crippen molar-refractivity contribution >= 4 is 5.97 Å². The number of ether oxygens (including phenoxy) is 1. The van der Waals surface area contributed by atoms with E-state index in [0.717, 1.165) is 16.8 Å². The molecule has 1 aromatic carbocycles. The van der Waals surface area contributed by atoms with Crippen molar-refractivity contribution in [1.29, 1.82) is 0 Å². The van der Waals surface area contributed by atoms with Gasteiger partial charge < -0.3 is 4.74 Å². The number of aromatic nitrogens is 1. The summed E-state index contributed by atoms with van der Waals surface area (Å²) in [5.74, 6) is 0.273. The molecule has 0 radical (unpaired) electrons. The highest BCUT2D eigenvalue weighted by atomic mass is 16.5. The lowest BCUT2D eigenvalue weighted by molar-refractivity contribution is 0.0731. The second-order valence-electron chi connectivity index (χ2n) is 4.70. The van der Waals surface area contributed by atoms with Crippen LogP contribution < -0.4 is 4.74 Å². The Balaban J connectivity index is 2.31. The molecule has 0 amide bonds. The SMILES string of the molecule is Cc1ccc(C(=O)Oc2c(C)cccc2C)c(C)n1. The molecule has 0 saturated heterocycles. The summed E-state index contributed by atoms with van der Waals surface area (Å²) in [6, 6.07) is 9.37. The average Bonchev–Trinajstić information content (AvgIpc) is 2.33. The van der Waals surface area contributed by atoms with Gasteiger partial charge in [0.05, 0.1) is 11.3 Å². The van der Waals surface area contributed by atoms with E-state index in [1.54, 1.807) is 6.07 Å². The van der Waals surface area contributed by atoms with Crippen LogP contribution in [0.5, 0.6) is 5.75 Å². The van der Waals surface area contributed by atoms with Crippen LogP contribution in [0.3, 0.4) is 0 Å². The molecule has 3 heteroatoms. The molecular weight excluding hydrogens is 238 g/mol. The molecule has 1 aromatic heterocycles. The Morgan fingerprint density at radius 3 is 2.21 bits per heavy atom. The van der Waals surface area contributed by atoms with Crippen LogP contribution in [0.4, 0.5) is 0 Å². The molecule has 0 aliphatic carbocycles. The van der Waals surface area contributed by atoms with Crippen molar-refractivity contribution in [2.75, 3.05) is 0 Å². The van der Waals surface area contributed by atoms with E-state index in [1.165, 1.54) is 0 Å². The topological polar surface area (TPSA) is 39.2 Å². The Kier molecular flexibility index (Phi) is 3.65. The Bertz CT molecular complexity index is 612. The van der Waals surface area contributed by atoms with Crippen molar-refractivity contribution in [2.45, 2.75) is 27.7 Å². The summed E-state index contributed by atoms with van der Waals surface area (Å²) in [6.07, 6.45) is 0. The molecule has 19 heavy (non-hydrogen) atoms. The fourth-order valence-electron chi connectivity index (χ4n) is 2.01. The Morgan fingerprint density at radius 1 is 1.00 bits per heavy atom. The minimum Gasteiger partial charge on any atom is -0.422 e. The smallest absolute Gasteiger partial charge is 0.345 e. The molecule has 0 saturated carbocycles. The lowest BCUT2D eigenvalue weighted by atomic mass is 10.1. The minimum atomic E-state index is -0.359. The second kappa shape index (κ2) is 5.22. The summed E-state index contributed by atoms with van der Waals surface area (Å²) in [6.45, 7) is 7.56. The summed E-state index contributed by atoms with van der Waals surface area (Å²) in [7, 11) is 0. The molecule has 0 atom stereocenters. The standard InChI is InChI=1S/C16H17NO2/c1-10-6-5-7-11(2)15(10)19-16(18)14-9-8-12(3)17-13(14)4/h5-9H,1-4H3. The number of esters is 1. The maximum atomic E-state index is 12.2. The zero-order valence-corrected chi connectivity index (χ0v) is 11.7. The van der Waals surface area contributed by atoms with Gasteiger partial charge in [-0.1, -0.05) is 18.2 Å². The van der Waals surface area contributed by atoms with Gasteiger partial charge in [-0.3, -0.25) is 4.98 Å². The number of pyridine rings is 1. The van der Waals surface area contributed by atoms with Crippen LogP contribution in [-0.4, -0.2) is 11.0 Å². The predicted molar refractivity (Wildman–Crippen MR) is 74.6 cm³/mol. The number of hydrogen-bond donors (Lipinski definition) is 0. The van der Waals surface area contributed by atoms with Gasteiger partial charge in [0, 0.05) is 5.69 Å². The first-order valence-corrected chi connectivity index (χ1v) is 6.21. The molecule has 0 aliphatic heterocycles. The van der Waals surface area contributed by atoms with E-state index in [2.05, 4.69) is 4.98 Å². The van der Waals surface area contributed by atoms with E-state index in [-0.39, 0.29) is 5.97 Å². The average molecular weight is 255 g/mol. The summed E-state index contributed by atoms with van der Waals surface area (Å²) in [5.41, 5.74) is 3.99. The molecule has 2 rings (SSSR count). The van der Waals surface area contributed by atoms with Crippen molar-refractivity contribution < 1.29 is 9.53 Å². The van der Waals surface area contributed by atoms with Crippen LogP contribution in [0, 0.1) is 27.7 Å². The van der Waals surface area contributed by atoms with Crippen LogP contribution in [-0.2, 0) is 0 Å². The summed E-state index contributed by atoms with van der Waals surface area (Å²) in [5, 5.41) is 0. The van der Waals surface area contributed by atoms with Crippen molar-refractivity contribution in [3.63, 3.8) is 0 Å². The van der Waals surface area contributed by atoms with Gasteiger partial charge in [0.2, 0.25) is 0 Å². The number of carbonyl (C=O) groups is 1. The van der Waals surface area contributed by atoms with Gasteiger partial charge in [0.1, 0.15) is 5.75 Å². The van der Waals surface area contributed by atoms with Gasteiger partial charge in [0.15, 0.2) is 0 Å². The highest BCUT2D eigenvalue weighted by Crippen LogP contribution is 2.23. The predicted octanol–water partition coefficient (Wildman–Crippen LogP) is 3.53. The van der Waals surface area contributed by atoms with Gasteiger partial charge in [-0.05, 0) is 51.0 Å². The van der Waals surface area contributed by atoms with E-state index in [0.29, 0.717) is 17.0 Å². The van der Waals surface area contributed by atoms with Crippen molar-refractivity contribution in [3.8, 4) is 5.75 Å². The number of carbonyl (C=O) groups excluding carboxylic acids is 1. The number of benzene rings is 1. The molecule has 0 bridgehead atoms. The van der Waals surface area contributed by atoms with Crippen molar-refractivity contribution in [1.82, 2.24) is 4.98 Å². The van der Waals surface area contributed by atoms with E-state index in [9.17, 15) is 4.79 Å². The molecule has 0 aliphatic rings. The van der Waals surface area contributed by atoms with Crippen molar-refractivity contribution in [3.05, 3.63) is 58.4 Å². The molecule has 3 nitrogen and oxygen atoms in total. The van der Waals surface area contributed by atoms with Gasteiger partial charge >= 0.3 is 5.97 Å². The Labute approximate surface area is 113 Å². The number of nitrogens with zero attached hydrogens (tertiary/aromatic N) is 1. The van der Waals surface area contributed by atoms with Crippen LogP contribution in [0.25, 0.3) is 0 Å². The molecule has 0 spiro atoms. The molecule has 0 fully saturated rings. The van der Waals surface area contributed by atoms with Crippen LogP contribution in [0.2, 0.25) is 0 Å². The Morgan fingerprint density at radius 2 is 1.63 bits per heavy atom. The monoisotopic (exact) mass is 255 g/mol. The lowest BCUT2D eigenvalue weighted by Gasteiger charge is -2.11. The zero-order valence-electron chi connectivity index (χ0n) is 11.7. The van der Waals surface area contributed by atoms with E-state index in [1.807, 2.05) is 52.0 Å². The number of hydrogen-bond acceptors (Lipinski definition) is 3. The first-order valence-electron chi connectivity index (χ1n) is 6.21. The molecule has 1 heterocycles. The molecule has 0 unspecified atom stereocenters. The lowest BCUT2D eigenvalue weighted by Crippen LogP contribution is -2.12. The molecule has 98 valence electrons. The summed E-state index contributed by atoms with van der Waals surface area (Å²) >= 11 is 0. The third-order valence-corrected chi connectivity index (χ3v) is 3.05.